The third kappa shape index (κ3) is 3.87. The summed E-state index contributed by atoms with van der Waals surface area (Å²) in [7, 11) is 0. The second-order valence-corrected chi connectivity index (χ2v) is 7.17. The molecular weight excluding hydrogens is 368 g/mol. The summed E-state index contributed by atoms with van der Waals surface area (Å²) in [6, 6.07) is 8.50. The van der Waals surface area contributed by atoms with Crippen LogP contribution in [0.3, 0.4) is 0 Å². The average molecular weight is 391 g/mol. The van der Waals surface area contributed by atoms with Crippen molar-refractivity contribution in [3.05, 3.63) is 51.8 Å². The lowest BCUT2D eigenvalue weighted by Gasteiger charge is -2.35. The molecule has 24 heavy (non-hydrogen) atoms. The number of nitrogens with zero attached hydrogens (tertiary/aromatic N) is 4. The Bertz CT molecular complexity index is 720. The Morgan fingerprint density at radius 2 is 1.88 bits per heavy atom. The minimum Gasteiger partial charge on any atom is -0.339 e. The van der Waals surface area contributed by atoms with Crippen LogP contribution < -0.4 is 0 Å². The molecule has 0 N–H and O–H groups in total. The van der Waals surface area contributed by atoms with E-state index in [0.29, 0.717) is 6.54 Å². The van der Waals surface area contributed by atoms with Gasteiger partial charge < -0.3 is 4.90 Å². The Hall–Kier alpha value is -1.66. The number of hydrogen-bond donors (Lipinski definition) is 0. The second-order valence-electron chi connectivity index (χ2n) is 6.32. The van der Waals surface area contributed by atoms with Gasteiger partial charge in [-0.05, 0) is 40.9 Å². The number of halogens is 1. The van der Waals surface area contributed by atoms with Gasteiger partial charge in [-0.2, -0.15) is 5.10 Å². The van der Waals surface area contributed by atoms with E-state index < -0.39 is 0 Å². The average Bonchev–Trinajstić information content (AvgIpc) is 2.90. The topological polar surface area (TPSA) is 41.4 Å². The molecule has 1 aromatic heterocycles. The molecule has 2 aromatic rings. The Morgan fingerprint density at radius 1 is 1.17 bits per heavy atom. The summed E-state index contributed by atoms with van der Waals surface area (Å²) in [4.78, 5) is 16.8. The molecule has 1 aliphatic heterocycles. The van der Waals surface area contributed by atoms with E-state index in [-0.39, 0.29) is 5.91 Å². The third-order valence-electron chi connectivity index (χ3n) is 4.71. The zero-order valence-corrected chi connectivity index (χ0v) is 15.8. The summed E-state index contributed by atoms with van der Waals surface area (Å²) < 4.78 is 2.70. The van der Waals surface area contributed by atoms with Gasteiger partial charge in [0, 0.05) is 32.7 Å². The van der Waals surface area contributed by atoms with Crippen LogP contribution in [0.5, 0.6) is 0 Å². The van der Waals surface area contributed by atoms with Crippen molar-refractivity contribution in [2.75, 3.05) is 26.2 Å². The van der Waals surface area contributed by atoms with Gasteiger partial charge in [-0.3, -0.25) is 14.4 Å². The van der Waals surface area contributed by atoms with E-state index in [1.54, 1.807) is 10.9 Å². The van der Waals surface area contributed by atoms with Crippen molar-refractivity contribution >= 4 is 21.8 Å². The molecule has 3 rings (SSSR count). The molecule has 0 unspecified atom stereocenters. The van der Waals surface area contributed by atoms with Crippen LogP contribution in [-0.2, 0) is 17.9 Å². The molecule has 0 bridgehead atoms. The van der Waals surface area contributed by atoms with E-state index in [0.717, 1.165) is 42.9 Å². The number of piperazine rings is 1. The summed E-state index contributed by atoms with van der Waals surface area (Å²) in [5.41, 5.74) is 3.69. The maximum atomic E-state index is 12.5. The van der Waals surface area contributed by atoms with Crippen LogP contribution >= 0.6 is 15.9 Å². The second kappa shape index (κ2) is 7.49. The van der Waals surface area contributed by atoms with Gasteiger partial charge in [0.25, 0.3) is 0 Å². The first-order chi connectivity index (χ1) is 11.5. The highest BCUT2D eigenvalue weighted by molar-refractivity contribution is 9.10. The quantitative estimate of drug-likeness (QED) is 0.805. The summed E-state index contributed by atoms with van der Waals surface area (Å²) in [5, 5.41) is 4.24. The van der Waals surface area contributed by atoms with Crippen molar-refractivity contribution in [2.45, 2.75) is 26.9 Å². The minimum atomic E-state index is 0.143. The number of amides is 1. The largest absolute Gasteiger partial charge is 0.339 e. The molecule has 1 aliphatic rings. The highest BCUT2D eigenvalue weighted by atomic mass is 79.9. The summed E-state index contributed by atoms with van der Waals surface area (Å²) in [6.07, 6.45) is 1.74. The van der Waals surface area contributed by atoms with Gasteiger partial charge >= 0.3 is 0 Å². The van der Waals surface area contributed by atoms with Gasteiger partial charge in [0.05, 0.1) is 16.4 Å². The fraction of sp³-hybridized carbons (Fsp3) is 0.444. The SMILES string of the molecule is Cc1ccccc1CN1CCN(C(=O)Cn2ncc(Br)c2C)CC1. The number of carbonyl (C=O) groups is 1. The van der Waals surface area contributed by atoms with Gasteiger partial charge in [-0.25, -0.2) is 0 Å². The van der Waals surface area contributed by atoms with Gasteiger partial charge in [-0.15, -0.1) is 0 Å². The smallest absolute Gasteiger partial charge is 0.244 e. The maximum Gasteiger partial charge on any atom is 0.244 e. The summed E-state index contributed by atoms with van der Waals surface area (Å²) in [6.45, 7) is 8.79. The molecule has 0 saturated carbocycles. The molecule has 1 amide bonds. The molecule has 0 spiro atoms. The van der Waals surface area contributed by atoms with Crippen molar-refractivity contribution in [2.24, 2.45) is 0 Å². The van der Waals surface area contributed by atoms with Crippen LogP contribution in [0.4, 0.5) is 0 Å². The Labute approximate surface area is 151 Å². The number of benzene rings is 1. The number of rotatable bonds is 4. The van der Waals surface area contributed by atoms with E-state index in [9.17, 15) is 4.79 Å². The first-order valence-corrected chi connectivity index (χ1v) is 9.06. The van der Waals surface area contributed by atoms with Crippen LogP contribution in [0, 0.1) is 13.8 Å². The fourth-order valence-corrected chi connectivity index (χ4v) is 3.29. The highest BCUT2D eigenvalue weighted by Crippen LogP contribution is 2.15. The van der Waals surface area contributed by atoms with Crippen molar-refractivity contribution < 1.29 is 4.79 Å². The molecule has 5 nitrogen and oxygen atoms in total. The first-order valence-electron chi connectivity index (χ1n) is 8.27. The van der Waals surface area contributed by atoms with Gasteiger partial charge in [-0.1, -0.05) is 24.3 Å². The molecule has 1 saturated heterocycles. The highest BCUT2D eigenvalue weighted by Gasteiger charge is 2.22. The van der Waals surface area contributed by atoms with Gasteiger partial charge in [0.1, 0.15) is 6.54 Å². The Balaban J connectivity index is 1.52. The number of carbonyl (C=O) groups excluding carboxylic acids is 1. The minimum absolute atomic E-state index is 0.143. The third-order valence-corrected chi connectivity index (χ3v) is 5.49. The Morgan fingerprint density at radius 3 is 2.50 bits per heavy atom. The predicted molar refractivity (Wildman–Crippen MR) is 97.7 cm³/mol. The molecule has 0 atom stereocenters. The van der Waals surface area contributed by atoms with Crippen LogP contribution in [0.2, 0.25) is 0 Å². The van der Waals surface area contributed by atoms with Crippen molar-refractivity contribution in [3.63, 3.8) is 0 Å². The van der Waals surface area contributed by atoms with Crippen molar-refractivity contribution in [1.29, 1.82) is 0 Å². The lowest BCUT2D eigenvalue weighted by molar-refractivity contribution is -0.133. The Kier molecular flexibility index (Phi) is 5.36. The fourth-order valence-electron chi connectivity index (χ4n) is 3.00. The standard InChI is InChI=1S/C18H23BrN4O/c1-14-5-3-4-6-16(14)12-21-7-9-22(10-8-21)18(24)13-23-15(2)17(19)11-20-23/h3-6,11H,7-10,12-13H2,1-2H3. The lowest BCUT2D eigenvalue weighted by Crippen LogP contribution is -2.49. The van der Waals surface area contributed by atoms with Crippen LogP contribution in [0.15, 0.2) is 34.9 Å². The molecule has 128 valence electrons. The zero-order valence-electron chi connectivity index (χ0n) is 14.2. The first kappa shape index (κ1) is 17.2. The lowest BCUT2D eigenvalue weighted by atomic mass is 10.1. The van der Waals surface area contributed by atoms with E-state index in [1.165, 1.54) is 11.1 Å². The van der Waals surface area contributed by atoms with Crippen LogP contribution in [0.25, 0.3) is 0 Å². The summed E-state index contributed by atoms with van der Waals surface area (Å²) >= 11 is 3.43. The number of aryl methyl sites for hydroxylation is 1. The predicted octanol–water partition coefficient (Wildman–Crippen LogP) is 2.61. The maximum absolute atomic E-state index is 12.5. The molecule has 0 aliphatic carbocycles. The summed E-state index contributed by atoms with van der Waals surface area (Å²) in [5.74, 6) is 0.143. The molecule has 1 fully saturated rings. The number of hydrogen-bond acceptors (Lipinski definition) is 3. The molecular formula is C18H23BrN4O. The molecule has 2 heterocycles. The van der Waals surface area contributed by atoms with Gasteiger partial charge in [0.15, 0.2) is 0 Å². The molecule has 6 heteroatoms. The zero-order chi connectivity index (χ0) is 17.1. The molecule has 1 aromatic carbocycles. The number of aromatic nitrogens is 2. The van der Waals surface area contributed by atoms with Crippen LogP contribution in [0.1, 0.15) is 16.8 Å². The van der Waals surface area contributed by atoms with Crippen molar-refractivity contribution in [1.82, 2.24) is 19.6 Å². The van der Waals surface area contributed by atoms with Crippen LogP contribution in [-0.4, -0.2) is 51.7 Å². The van der Waals surface area contributed by atoms with E-state index >= 15 is 0 Å². The van der Waals surface area contributed by atoms with E-state index in [1.807, 2.05) is 11.8 Å². The van der Waals surface area contributed by atoms with E-state index in [4.69, 9.17) is 0 Å². The monoisotopic (exact) mass is 390 g/mol. The van der Waals surface area contributed by atoms with E-state index in [2.05, 4.69) is 57.1 Å². The van der Waals surface area contributed by atoms with Crippen molar-refractivity contribution in [3.8, 4) is 0 Å². The normalized spacial score (nSPS) is 15.7. The van der Waals surface area contributed by atoms with Gasteiger partial charge in [0.2, 0.25) is 5.91 Å². The molecule has 0 radical (unpaired) electrons.